The van der Waals surface area contributed by atoms with Gasteiger partial charge in [-0.2, -0.15) is 0 Å². The molecule has 5 nitrogen and oxygen atoms in total. The number of rotatable bonds is 9. The van der Waals surface area contributed by atoms with Gasteiger partial charge in [0.15, 0.2) is 0 Å². The lowest BCUT2D eigenvalue weighted by molar-refractivity contribution is -0.145. The molecule has 3 rings (SSSR count). The summed E-state index contributed by atoms with van der Waals surface area (Å²) in [4.78, 5) is 30.9. The van der Waals surface area contributed by atoms with Gasteiger partial charge in [0, 0.05) is 37.0 Å². The highest BCUT2D eigenvalue weighted by Crippen LogP contribution is 2.27. The number of amides is 2. The second-order valence-corrected chi connectivity index (χ2v) is 9.23. The fourth-order valence-electron chi connectivity index (χ4n) is 3.76. The molecule has 0 bridgehead atoms. The quantitative estimate of drug-likeness (QED) is 0.424. The predicted molar refractivity (Wildman–Crippen MR) is 140 cm³/mol. The Balaban J connectivity index is 1.89. The maximum atomic E-state index is 13.6. The molecule has 2 amide bonds. The summed E-state index contributed by atoms with van der Waals surface area (Å²) >= 11 is 6.06. The van der Waals surface area contributed by atoms with Gasteiger partial charge in [-0.05, 0) is 60.9 Å². The lowest BCUT2D eigenvalue weighted by Crippen LogP contribution is -2.56. The van der Waals surface area contributed by atoms with Crippen molar-refractivity contribution in [2.24, 2.45) is 0 Å². The summed E-state index contributed by atoms with van der Waals surface area (Å²) in [6, 6.07) is 24.6. The number of hydrogen-bond acceptors (Lipinski definition) is 3. The van der Waals surface area contributed by atoms with Gasteiger partial charge >= 0.3 is 0 Å². The Morgan fingerprint density at radius 3 is 2.06 bits per heavy atom. The van der Waals surface area contributed by atoms with Crippen LogP contribution >= 0.6 is 11.6 Å². The molecule has 178 valence electrons. The van der Waals surface area contributed by atoms with Gasteiger partial charge in [0.1, 0.15) is 5.54 Å². The Hall–Kier alpha value is -3.31. The molecule has 0 aliphatic carbocycles. The van der Waals surface area contributed by atoms with Crippen LogP contribution in [0.25, 0.3) is 0 Å². The number of carbonyl (C=O) groups excluding carboxylic acids is 2. The highest BCUT2D eigenvalue weighted by atomic mass is 35.5. The summed E-state index contributed by atoms with van der Waals surface area (Å²) in [6.07, 6.45) is 0.678. The SMILES string of the molecule is CCC(C)(C(=O)Nc1ccc(N(C)C)cc1)N(Cc1ccc(Cl)cc1)C(=O)Cc1ccccc1. The molecule has 3 aromatic carbocycles. The van der Waals surface area contributed by atoms with Gasteiger partial charge in [-0.25, -0.2) is 0 Å². The van der Waals surface area contributed by atoms with Crippen LogP contribution in [0.1, 0.15) is 31.4 Å². The van der Waals surface area contributed by atoms with Crippen LogP contribution < -0.4 is 10.2 Å². The Labute approximate surface area is 207 Å². The molecule has 6 heteroatoms. The Morgan fingerprint density at radius 1 is 0.882 bits per heavy atom. The standard InChI is InChI=1S/C28H32ClN3O2/c1-5-28(2,27(34)30-24-15-17-25(18-16-24)31(3)4)32(20-22-11-13-23(29)14-12-22)26(33)19-21-9-7-6-8-10-21/h6-18H,5,19-20H2,1-4H3,(H,30,34). The van der Waals surface area contributed by atoms with E-state index in [1.54, 1.807) is 17.0 Å². The maximum absolute atomic E-state index is 13.6. The topological polar surface area (TPSA) is 52.7 Å². The van der Waals surface area contributed by atoms with Gasteiger partial charge in [-0.3, -0.25) is 9.59 Å². The van der Waals surface area contributed by atoms with Crippen LogP contribution in [0.2, 0.25) is 5.02 Å². The second kappa shape index (κ2) is 11.2. The summed E-state index contributed by atoms with van der Waals surface area (Å²) in [7, 11) is 3.93. The predicted octanol–water partition coefficient (Wildman–Crippen LogP) is 5.78. The van der Waals surface area contributed by atoms with Crippen LogP contribution in [0.15, 0.2) is 78.9 Å². The van der Waals surface area contributed by atoms with Gasteiger partial charge in [-0.15, -0.1) is 0 Å². The molecule has 0 radical (unpaired) electrons. The minimum atomic E-state index is -1.05. The Morgan fingerprint density at radius 2 is 1.50 bits per heavy atom. The van der Waals surface area contributed by atoms with Crippen molar-refractivity contribution in [1.29, 1.82) is 0 Å². The largest absolute Gasteiger partial charge is 0.378 e. The van der Waals surface area contributed by atoms with E-state index in [4.69, 9.17) is 11.6 Å². The first-order valence-corrected chi connectivity index (χ1v) is 11.8. The molecule has 0 aromatic heterocycles. The van der Waals surface area contributed by atoms with E-state index in [2.05, 4.69) is 5.32 Å². The van der Waals surface area contributed by atoms with Gasteiger partial charge in [0.05, 0.1) is 6.42 Å². The van der Waals surface area contributed by atoms with Crippen molar-refractivity contribution in [3.05, 3.63) is 95.0 Å². The summed E-state index contributed by atoms with van der Waals surface area (Å²) in [5, 5.41) is 3.65. The van der Waals surface area contributed by atoms with Crippen LogP contribution in [0.3, 0.4) is 0 Å². The lowest BCUT2D eigenvalue weighted by atomic mass is 9.92. The third-order valence-electron chi connectivity index (χ3n) is 6.17. The second-order valence-electron chi connectivity index (χ2n) is 8.79. The molecule has 1 atom stereocenters. The lowest BCUT2D eigenvalue weighted by Gasteiger charge is -2.40. The maximum Gasteiger partial charge on any atom is 0.250 e. The van der Waals surface area contributed by atoms with Crippen LogP contribution in [-0.2, 0) is 22.6 Å². The van der Waals surface area contributed by atoms with Crippen molar-refractivity contribution < 1.29 is 9.59 Å². The van der Waals surface area contributed by atoms with E-state index in [1.807, 2.05) is 99.6 Å². The molecule has 0 aliphatic heterocycles. The number of halogens is 1. The molecule has 0 spiro atoms. The van der Waals surface area contributed by atoms with Crippen LogP contribution in [0.5, 0.6) is 0 Å². The van der Waals surface area contributed by atoms with Crippen LogP contribution in [0.4, 0.5) is 11.4 Å². The molecule has 0 fully saturated rings. The summed E-state index contributed by atoms with van der Waals surface area (Å²) in [5.74, 6) is -0.327. The fraction of sp³-hybridized carbons (Fsp3) is 0.286. The van der Waals surface area contributed by atoms with Crippen molar-refractivity contribution in [2.45, 2.75) is 38.8 Å². The third-order valence-corrected chi connectivity index (χ3v) is 6.42. The Kier molecular flexibility index (Phi) is 8.35. The fourth-order valence-corrected chi connectivity index (χ4v) is 3.88. The third kappa shape index (κ3) is 6.17. The highest BCUT2D eigenvalue weighted by molar-refractivity contribution is 6.30. The number of anilines is 2. The molecule has 0 saturated carbocycles. The zero-order valence-corrected chi connectivity index (χ0v) is 21.0. The number of nitrogens with one attached hydrogen (secondary N) is 1. The number of hydrogen-bond donors (Lipinski definition) is 1. The average molecular weight is 478 g/mol. The van der Waals surface area contributed by atoms with Crippen molar-refractivity contribution in [1.82, 2.24) is 4.90 Å². The van der Waals surface area contributed by atoms with Crippen molar-refractivity contribution in [3.63, 3.8) is 0 Å². The van der Waals surface area contributed by atoms with Crippen LogP contribution in [0, 0.1) is 0 Å². The number of benzene rings is 3. The summed E-state index contributed by atoms with van der Waals surface area (Å²) < 4.78 is 0. The summed E-state index contributed by atoms with van der Waals surface area (Å²) in [6.45, 7) is 4.06. The van der Waals surface area contributed by atoms with E-state index in [0.29, 0.717) is 23.7 Å². The minimum absolute atomic E-state index is 0.108. The van der Waals surface area contributed by atoms with Crippen molar-refractivity contribution >= 4 is 34.8 Å². The average Bonchev–Trinajstić information content (AvgIpc) is 2.84. The smallest absolute Gasteiger partial charge is 0.250 e. The molecular weight excluding hydrogens is 446 g/mol. The van der Waals surface area contributed by atoms with Crippen molar-refractivity contribution in [2.75, 3.05) is 24.3 Å². The molecule has 0 heterocycles. The zero-order valence-electron chi connectivity index (χ0n) is 20.2. The van der Waals surface area contributed by atoms with E-state index >= 15 is 0 Å². The van der Waals surface area contributed by atoms with E-state index in [-0.39, 0.29) is 18.2 Å². The molecule has 34 heavy (non-hydrogen) atoms. The zero-order chi connectivity index (χ0) is 24.7. The number of nitrogens with zero attached hydrogens (tertiary/aromatic N) is 2. The molecule has 0 saturated heterocycles. The first kappa shape index (κ1) is 25.3. The first-order valence-electron chi connectivity index (χ1n) is 11.4. The normalized spacial score (nSPS) is 12.5. The molecule has 3 aromatic rings. The molecule has 1 unspecified atom stereocenters. The van der Waals surface area contributed by atoms with Gasteiger partial charge in [0.2, 0.25) is 11.8 Å². The van der Waals surface area contributed by atoms with Gasteiger partial charge < -0.3 is 15.1 Å². The molecule has 1 N–H and O–H groups in total. The summed E-state index contributed by atoms with van der Waals surface area (Å²) in [5.41, 5.74) is 2.50. The molecular formula is C28H32ClN3O2. The van der Waals surface area contributed by atoms with E-state index in [0.717, 1.165) is 16.8 Å². The Bertz CT molecular complexity index is 1100. The van der Waals surface area contributed by atoms with E-state index in [9.17, 15) is 9.59 Å². The van der Waals surface area contributed by atoms with Gasteiger partial charge in [-0.1, -0.05) is 61.0 Å². The molecule has 0 aliphatic rings. The van der Waals surface area contributed by atoms with Crippen LogP contribution in [-0.4, -0.2) is 36.3 Å². The van der Waals surface area contributed by atoms with Gasteiger partial charge in [0.25, 0.3) is 0 Å². The van der Waals surface area contributed by atoms with E-state index in [1.165, 1.54) is 0 Å². The highest BCUT2D eigenvalue weighted by Gasteiger charge is 2.40. The minimum Gasteiger partial charge on any atom is -0.378 e. The number of carbonyl (C=O) groups is 2. The monoisotopic (exact) mass is 477 g/mol. The van der Waals surface area contributed by atoms with E-state index < -0.39 is 5.54 Å². The van der Waals surface area contributed by atoms with Crippen molar-refractivity contribution in [3.8, 4) is 0 Å². The first-order chi connectivity index (χ1) is 16.2.